The van der Waals surface area contributed by atoms with Gasteiger partial charge in [0.25, 0.3) is 0 Å². The zero-order valence-electron chi connectivity index (χ0n) is 12.6. The van der Waals surface area contributed by atoms with Gasteiger partial charge in [-0.2, -0.15) is 0 Å². The third-order valence-electron chi connectivity index (χ3n) is 3.11. The van der Waals surface area contributed by atoms with Crippen LogP contribution in [-0.4, -0.2) is 26.0 Å². The van der Waals surface area contributed by atoms with Crippen LogP contribution >= 0.6 is 0 Å². The fraction of sp³-hybridized carbons (Fsp3) is 0.625. The van der Waals surface area contributed by atoms with Gasteiger partial charge in [0.1, 0.15) is 0 Å². The second-order valence-electron chi connectivity index (χ2n) is 4.72. The van der Waals surface area contributed by atoms with Gasteiger partial charge in [-0.15, -0.1) is 0 Å². The molecule has 0 bridgehead atoms. The average molecular weight is 265 g/mol. The molecule has 19 heavy (non-hydrogen) atoms. The summed E-state index contributed by atoms with van der Waals surface area (Å²) in [6.45, 7) is 10.6. The average Bonchev–Trinajstić information content (AvgIpc) is 2.40. The van der Waals surface area contributed by atoms with E-state index in [2.05, 4.69) is 43.4 Å². The van der Waals surface area contributed by atoms with Crippen LogP contribution in [0.4, 0.5) is 0 Å². The standard InChI is InChI=1S/C16H27NO2/c1-5-18-16(19-6-2)11-12-17-14(4)15-9-7-13(3)8-10-15/h7-10,14,16-17H,5-6,11-12H2,1-4H3. The molecule has 0 aromatic heterocycles. The van der Waals surface area contributed by atoms with Gasteiger partial charge in [-0.05, 0) is 33.3 Å². The van der Waals surface area contributed by atoms with Gasteiger partial charge in [0.2, 0.25) is 0 Å². The summed E-state index contributed by atoms with van der Waals surface area (Å²) in [5.74, 6) is 0. The Hall–Kier alpha value is -0.900. The fourth-order valence-corrected chi connectivity index (χ4v) is 1.98. The predicted molar refractivity (Wildman–Crippen MR) is 79.3 cm³/mol. The van der Waals surface area contributed by atoms with Crippen LogP contribution in [-0.2, 0) is 9.47 Å². The Balaban J connectivity index is 2.32. The van der Waals surface area contributed by atoms with Crippen molar-refractivity contribution < 1.29 is 9.47 Å². The zero-order chi connectivity index (χ0) is 14.1. The summed E-state index contributed by atoms with van der Waals surface area (Å²) in [6, 6.07) is 9.00. The predicted octanol–water partition coefficient (Wildman–Crippen LogP) is 3.43. The van der Waals surface area contributed by atoms with Crippen LogP contribution in [0.1, 0.15) is 44.4 Å². The Bertz CT molecular complexity index is 331. The number of rotatable bonds is 9. The molecular weight excluding hydrogens is 238 g/mol. The van der Waals surface area contributed by atoms with Crippen LogP contribution in [0.15, 0.2) is 24.3 Å². The van der Waals surface area contributed by atoms with Gasteiger partial charge in [0, 0.05) is 32.2 Å². The van der Waals surface area contributed by atoms with Crippen molar-refractivity contribution in [1.82, 2.24) is 5.32 Å². The van der Waals surface area contributed by atoms with E-state index in [-0.39, 0.29) is 6.29 Å². The summed E-state index contributed by atoms with van der Waals surface area (Å²) in [5.41, 5.74) is 2.61. The van der Waals surface area contributed by atoms with Crippen LogP contribution < -0.4 is 5.32 Å². The van der Waals surface area contributed by atoms with Gasteiger partial charge < -0.3 is 14.8 Å². The molecule has 0 aliphatic rings. The highest BCUT2D eigenvalue weighted by Crippen LogP contribution is 2.13. The smallest absolute Gasteiger partial charge is 0.158 e. The third-order valence-corrected chi connectivity index (χ3v) is 3.11. The van der Waals surface area contributed by atoms with Crippen LogP contribution in [0.2, 0.25) is 0 Å². The third kappa shape index (κ3) is 6.19. The van der Waals surface area contributed by atoms with Gasteiger partial charge in [0.15, 0.2) is 6.29 Å². The van der Waals surface area contributed by atoms with Crippen LogP contribution in [0.3, 0.4) is 0 Å². The summed E-state index contributed by atoms with van der Waals surface area (Å²) in [6.07, 6.45) is 0.783. The molecular formula is C16H27NO2. The molecule has 0 aliphatic heterocycles. The Labute approximate surface area is 117 Å². The first-order valence-electron chi connectivity index (χ1n) is 7.20. The lowest BCUT2D eigenvalue weighted by Crippen LogP contribution is -2.26. The molecule has 0 saturated heterocycles. The molecule has 0 fully saturated rings. The van der Waals surface area contributed by atoms with Crippen molar-refractivity contribution in [3.63, 3.8) is 0 Å². The van der Waals surface area contributed by atoms with E-state index in [1.807, 2.05) is 13.8 Å². The minimum absolute atomic E-state index is 0.0901. The first-order valence-corrected chi connectivity index (χ1v) is 7.20. The number of ether oxygens (including phenoxy) is 2. The van der Waals surface area contributed by atoms with E-state index in [4.69, 9.17) is 9.47 Å². The fourth-order valence-electron chi connectivity index (χ4n) is 1.98. The molecule has 0 aliphatic carbocycles. The van der Waals surface area contributed by atoms with Crippen molar-refractivity contribution in [1.29, 1.82) is 0 Å². The molecule has 1 atom stereocenters. The second-order valence-corrected chi connectivity index (χ2v) is 4.72. The van der Waals surface area contributed by atoms with Crippen molar-refractivity contribution in [2.75, 3.05) is 19.8 Å². The van der Waals surface area contributed by atoms with Crippen LogP contribution in [0.5, 0.6) is 0 Å². The molecule has 1 rings (SSSR count). The highest BCUT2D eigenvalue weighted by Gasteiger charge is 2.09. The first kappa shape index (κ1) is 16.2. The van der Waals surface area contributed by atoms with Gasteiger partial charge >= 0.3 is 0 Å². The van der Waals surface area contributed by atoms with E-state index in [0.29, 0.717) is 19.3 Å². The van der Waals surface area contributed by atoms with Crippen LogP contribution in [0.25, 0.3) is 0 Å². The summed E-state index contributed by atoms with van der Waals surface area (Å²) >= 11 is 0. The molecule has 1 unspecified atom stereocenters. The maximum atomic E-state index is 5.52. The van der Waals surface area contributed by atoms with Crippen molar-refractivity contribution >= 4 is 0 Å². The van der Waals surface area contributed by atoms with Crippen molar-refractivity contribution in [3.8, 4) is 0 Å². The minimum atomic E-state index is -0.0901. The Morgan fingerprint density at radius 3 is 2.16 bits per heavy atom. The molecule has 0 radical (unpaired) electrons. The van der Waals surface area contributed by atoms with E-state index >= 15 is 0 Å². The Morgan fingerprint density at radius 1 is 1.05 bits per heavy atom. The number of hydrogen-bond acceptors (Lipinski definition) is 3. The Morgan fingerprint density at radius 2 is 1.63 bits per heavy atom. The highest BCUT2D eigenvalue weighted by molar-refractivity contribution is 5.23. The van der Waals surface area contributed by atoms with Gasteiger partial charge in [0.05, 0.1) is 0 Å². The summed E-state index contributed by atoms with van der Waals surface area (Å²) < 4.78 is 11.0. The number of benzene rings is 1. The Kier molecular flexibility index (Phi) is 7.72. The molecule has 108 valence electrons. The topological polar surface area (TPSA) is 30.5 Å². The first-order chi connectivity index (χ1) is 9.17. The maximum absolute atomic E-state index is 5.52. The molecule has 3 nitrogen and oxygen atoms in total. The molecule has 0 amide bonds. The summed E-state index contributed by atoms with van der Waals surface area (Å²) in [5, 5.41) is 3.51. The molecule has 1 aromatic rings. The second kappa shape index (κ2) is 9.08. The van der Waals surface area contributed by atoms with E-state index in [9.17, 15) is 0 Å². The maximum Gasteiger partial charge on any atom is 0.158 e. The molecule has 3 heteroatoms. The lowest BCUT2D eigenvalue weighted by Gasteiger charge is -2.19. The summed E-state index contributed by atoms with van der Waals surface area (Å²) in [7, 11) is 0. The quantitative estimate of drug-likeness (QED) is 0.694. The van der Waals surface area contributed by atoms with E-state index in [1.54, 1.807) is 0 Å². The molecule has 0 heterocycles. The monoisotopic (exact) mass is 265 g/mol. The zero-order valence-corrected chi connectivity index (χ0v) is 12.6. The van der Waals surface area contributed by atoms with E-state index < -0.39 is 0 Å². The van der Waals surface area contributed by atoms with E-state index in [0.717, 1.165) is 13.0 Å². The lowest BCUT2D eigenvalue weighted by atomic mass is 10.1. The molecule has 1 aromatic carbocycles. The van der Waals surface area contributed by atoms with Crippen molar-refractivity contribution in [2.45, 2.75) is 46.4 Å². The molecule has 0 spiro atoms. The largest absolute Gasteiger partial charge is 0.353 e. The van der Waals surface area contributed by atoms with Gasteiger partial charge in [-0.1, -0.05) is 29.8 Å². The van der Waals surface area contributed by atoms with E-state index in [1.165, 1.54) is 11.1 Å². The number of hydrogen-bond donors (Lipinski definition) is 1. The van der Waals surface area contributed by atoms with Gasteiger partial charge in [-0.3, -0.25) is 0 Å². The SMILES string of the molecule is CCOC(CCNC(C)c1ccc(C)cc1)OCC. The normalized spacial score (nSPS) is 12.9. The minimum Gasteiger partial charge on any atom is -0.353 e. The van der Waals surface area contributed by atoms with Gasteiger partial charge in [-0.25, -0.2) is 0 Å². The number of nitrogens with one attached hydrogen (secondary N) is 1. The number of aryl methyl sites for hydroxylation is 1. The summed E-state index contributed by atoms with van der Waals surface area (Å²) in [4.78, 5) is 0. The lowest BCUT2D eigenvalue weighted by molar-refractivity contribution is -0.138. The molecule has 0 saturated carbocycles. The van der Waals surface area contributed by atoms with Crippen LogP contribution in [0, 0.1) is 6.92 Å². The molecule has 1 N–H and O–H groups in total. The van der Waals surface area contributed by atoms with Crippen molar-refractivity contribution in [2.24, 2.45) is 0 Å². The highest BCUT2D eigenvalue weighted by atomic mass is 16.7. The van der Waals surface area contributed by atoms with Crippen molar-refractivity contribution in [3.05, 3.63) is 35.4 Å².